The standard InChI is InChI=1S/C7H7F2N3O2/c8-6(9)4-5(13)2(7(11)14)1-3(10)12-4/h1,6,13H,(H2,10,12)(H2,11,14). The first-order chi connectivity index (χ1) is 6.43. The number of aromatic nitrogens is 1. The van der Waals surface area contributed by atoms with Crippen molar-refractivity contribution >= 4 is 11.7 Å². The van der Waals surface area contributed by atoms with Gasteiger partial charge >= 0.3 is 0 Å². The van der Waals surface area contributed by atoms with E-state index in [4.69, 9.17) is 16.6 Å². The summed E-state index contributed by atoms with van der Waals surface area (Å²) in [5, 5.41) is 9.16. The lowest BCUT2D eigenvalue weighted by Gasteiger charge is -2.06. The van der Waals surface area contributed by atoms with Crippen molar-refractivity contribution in [1.82, 2.24) is 4.98 Å². The van der Waals surface area contributed by atoms with Crippen molar-refractivity contribution in [2.24, 2.45) is 5.73 Å². The number of primary amides is 1. The average Bonchev–Trinajstić information content (AvgIpc) is 2.07. The third kappa shape index (κ3) is 1.70. The lowest BCUT2D eigenvalue weighted by molar-refractivity contribution is 0.0996. The summed E-state index contributed by atoms with van der Waals surface area (Å²) < 4.78 is 24.4. The van der Waals surface area contributed by atoms with Crippen LogP contribution < -0.4 is 11.5 Å². The minimum atomic E-state index is -3.02. The number of amides is 1. The highest BCUT2D eigenvalue weighted by Gasteiger charge is 2.21. The van der Waals surface area contributed by atoms with Gasteiger partial charge in [-0.05, 0) is 6.07 Å². The molecule has 0 fully saturated rings. The first-order valence-electron chi connectivity index (χ1n) is 3.50. The number of aromatic hydroxyl groups is 1. The smallest absolute Gasteiger partial charge is 0.284 e. The van der Waals surface area contributed by atoms with Gasteiger partial charge in [-0.1, -0.05) is 0 Å². The molecule has 1 heterocycles. The van der Waals surface area contributed by atoms with E-state index >= 15 is 0 Å². The quantitative estimate of drug-likeness (QED) is 0.647. The zero-order valence-electron chi connectivity index (χ0n) is 6.87. The molecule has 0 unspecified atom stereocenters. The van der Waals surface area contributed by atoms with Crippen LogP contribution in [0.25, 0.3) is 0 Å². The van der Waals surface area contributed by atoms with Crippen LogP contribution in [0.4, 0.5) is 14.6 Å². The molecule has 5 N–H and O–H groups in total. The lowest BCUT2D eigenvalue weighted by Crippen LogP contribution is -2.13. The summed E-state index contributed by atoms with van der Waals surface area (Å²) in [6.07, 6.45) is -3.02. The maximum Gasteiger partial charge on any atom is 0.284 e. The van der Waals surface area contributed by atoms with E-state index in [2.05, 4.69) is 4.98 Å². The maximum atomic E-state index is 12.2. The number of nitrogen functional groups attached to an aromatic ring is 1. The van der Waals surface area contributed by atoms with Crippen LogP contribution in [-0.4, -0.2) is 16.0 Å². The molecule has 14 heavy (non-hydrogen) atoms. The van der Waals surface area contributed by atoms with Crippen molar-refractivity contribution in [1.29, 1.82) is 0 Å². The number of pyridine rings is 1. The summed E-state index contributed by atoms with van der Waals surface area (Å²) in [7, 11) is 0. The van der Waals surface area contributed by atoms with Gasteiger partial charge in [-0.25, -0.2) is 13.8 Å². The number of carbonyl (C=O) groups excluding carboxylic acids is 1. The number of alkyl halides is 2. The Balaban J connectivity index is 3.40. The Hall–Kier alpha value is -1.92. The van der Waals surface area contributed by atoms with Gasteiger partial charge in [0.05, 0.1) is 5.56 Å². The third-order valence-electron chi connectivity index (χ3n) is 1.51. The molecular weight excluding hydrogens is 196 g/mol. The highest BCUT2D eigenvalue weighted by atomic mass is 19.3. The predicted molar refractivity (Wildman–Crippen MR) is 43.8 cm³/mol. The number of carbonyl (C=O) groups is 1. The van der Waals surface area contributed by atoms with Gasteiger partial charge in [0.1, 0.15) is 5.82 Å². The van der Waals surface area contributed by atoms with E-state index in [9.17, 15) is 13.6 Å². The first-order valence-corrected chi connectivity index (χ1v) is 3.50. The van der Waals surface area contributed by atoms with Crippen LogP contribution in [0, 0.1) is 0 Å². The second kappa shape index (κ2) is 3.44. The molecule has 76 valence electrons. The number of nitrogens with two attached hydrogens (primary N) is 2. The van der Waals surface area contributed by atoms with Gasteiger partial charge in [-0.15, -0.1) is 0 Å². The summed E-state index contributed by atoms with van der Waals surface area (Å²) in [6, 6.07) is 0.934. The first kappa shape index (κ1) is 10.2. The number of halogens is 2. The molecule has 1 aromatic heterocycles. The van der Waals surface area contributed by atoms with Crippen LogP contribution in [0.1, 0.15) is 22.5 Å². The minimum Gasteiger partial charge on any atom is -0.505 e. The Kier molecular flexibility index (Phi) is 2.50. The van der Waals surface area contributed by atoms with Crippen molar-refractivity contribution in [3.05, 3.63) is 17.3 Å². The molecule has 0 atom stereocenters. The molecular formula is C7H7F2N3O2. The molecule has 0 saturated carbocycles. The SMILES string of the molecule is NC(=O)c1cc(N)nc(C(F)F)c1O. The Bertz CT molecular complexity index is 381. The molecule has 0 aliphatic carbocycles. The lowest BCUT2D eigenvalue weighted by atomic mass is 10.2. The van der Waals surface area contributed by atoms with Crippen molar-refractivity contribution in [3.8, 4) is 5.75 Å². The number of hydrogen-bond donors (Lipinski definition) is 3. The van der Waals surface area contributed by atoms with Crippen LogP contribution in [0.3, 0.4) is 0 Å². The van der Waals surface area contributed by atoms with Crippen LogP contribution in [0.2, 0.25) is 0 Å². The van der Waals surface area contributed by atoms with Gasteiger partial charge in [-0.3, -0.25) is 4.79 Å². The predicted octanol–water partition coefficient (Wildman–Crippen LogP) is 0.406. The Labute approximate surface area is 77.3 Å². The molecule has 0 aromatic carbocycles. The van der Waals surface area contributed by atoms with E-state index in [1.54, 1.807) is 0 Å². The Morgan fingerprint density at radius 3 is 2.57 bits per heavy atom. The summed E-state index contributed by atoms with van der Waals surface area (Å²) in [5.74, 6) is -2.27. The van der Waals surface area contributed by atoms with Crippen molar-refractivity contribution in [2.45, 2.75) is 6.43 Å². The molecule has 1 amide bonds. The minimum absolute atomic E-state index is 0.299. The van der Waals surface area contributed by atoms with E-state index in [-0.39, 0.29) is 5.82 Å². The van der Waals surface area contributed by atoms with E-state index in [0.717, 1.165) is 6.07 Å². The van der Waals surface area contributed by atoms with Gasteiger partial charge in [0.25, 0.3) is 12.3 Å². The van der Waals surface area contributed by atoms with Gasteiger partial charge in [-0.2, -0.15) is 0 Å². The summed E-state index contributed by atoms with van der Waals surface area (Å²) in [4.78, 5) is 13.9. The van der Waals surface area contributed by atoms with E-state index in [0.29, 0.717) is 0 Å². The monoisotopic (exact) mass is 203 g/mol. The molecule has 0 aliphatic heterocycles. The fraction of sp³-hybridized carbons (Fsp3) is 0.143. The van der Waals surface area contributed by atoms with Gasteiger partial charge in [0.15, 0.2) is 11.4 Å². The zero-order valence-corrected chi connectivity index (χ0v) is 6.87. The average molecular weight is 203 g/mol. The second-order valence-electron chi connectivity index (χ2n) is 2.49. The molecule has 1 aromatic rings. The maximum absolute atomic E-state index is 12.2. The van der Waals surface area contributed by atoms with Crippen LogP contribution in [-0.2, 0) is 0 Å². The zero-order chi connectivity index (χ0) is 10.9. The summed E-state index contributed by atoms with van der Waals surface area (Å²) in [5.41, 5.74) is 8.56. The number of rotatable bonds is 2. The number of hydrogen-bond acceptors (Lipinski definition) is 4. The van der Waals surface area contributed by atoms with Gasteiger partial charge in [0, 0.05) is 0 Å². The molecule has 0 bridgehead atoms. The molecule has 0 saturated heterocycles. The normalized spacial score (nSPS) is 10.5. The summed E-state index contributed by atoms with van der Waals surface area (Å²) in [6.45, 7) is 0. The second-order valence-corrected chi connectivity index (χ2v) is 2.49. The largest absolute Gasteiger partial charge is 0.505 e. The molecule has 7 heteroatoms. The van der Waals surface area contributed by atoms with E-state index < -0.39 is 29.3 Å². The van der Waals surface area contributed by atoms with Gasteiger partial charge < -0.3 is 16.6 Å². The van der Waals surface area contributed by atoms with E-state index in [1.807, 2.05) is 0 Å². The highest BCUT2D eigenvalue weighted by Crippen LogP contribution is 2.30. The highest BCUT2D eigenvalue weighted by molar-refractivity contribution is 5.96. The molecule has 0 aliphatic rings. The topological polar surface area (TPSA) is 102 Å². The fourth-order valence-corrected chi connectivity index (χ4v) is 0.919. The van der Waals surface area contributed by atoms with Crippen molar-refractivity contribution < 1.29 is 18.7 Å². The molecule has 5 nitrogen and oxygen atoms in total. The molecule has 1 rings (SSSR count). The van der Waals surface area contributed by atoms with Crippen LogP contribution in [0.15, 0.2) is 6.07 Å². The third-order valence-corrected chi connectivity index (χ3v) is 1.51. The van der Waals surface area contributed by atoms with Gasteiger partial charge in [0.2, 0.25) is 0 Å². The summed E-state index contributed by atoms with van der Waals surface area (Å²) >= 11 is 0. The van der Waals surface area contributed by atoms with Crippen LogP contribution in [0.5, 0.6) is 5.75 Å². The number of nitrogens with zero attached hydrogens (tertiary/aromatic N) is 1. The molecule has 0 radical (unpaired) electrons. The van der Waals surface area contributed by atoms with Crippen LogP contribution >= 0.6 is 0 Å². The number of anilines is 1. The Morgan fingerprint density at radius 1 is 1.57 bits per heavy atom. The Morgan fingerprint density at radius 2 is 2.14 bits per heavy atom. The molecule has 0 spiro atoms. The van der Waals surface area contributed by atoms with Crippen molar-refractivity contribution in [2.75, 3.05) is 5.73 Å². The van der Waals surface area contributed by atoms with Crippen molar-refractivity contribution in [3.63, 3.8) is 0 Å². The fourth-order valence-electron chi connectivity index (χ4n) is 0.919. The van der Waals surface area contributed by atoms with E-state index in [1.165, 1.54) is 0 Å².